The standard InChI is InChI=1S/C7H7O2PS2/c1-5-2-3-6-7(4-5)9-10(11,12)8-6/h2-4H,1H3,(H,11,12)/p-1. The van der Waals surface area contributed by atoms with E-state index in [1.807, 2.05) is 25.1 Å². The molecule has 1 aromatic rings. The quantitative estimate of drug-likeness (QED) is 0.491. The molecule has 1 aliphatic rings. The topological polar surface area (TPSA) is 18.5 Å². The monoisotopic (exact) mass is 217 g/mol. The van der Waals surface area contributed by atoms with Crippen LogP contribution in [0.4, 0.5) is 0 Å². The van der Waals surface area contributed by atoms with Crippen LogP contribution >= 0.6 is 5.69 Å². The first-order valence-electron chi connectivity index (χ1n) is 3.38. The van der Waals surface area contributed by atoms with E-state index in [2.05, 4.69) is 0 Å². The van der Waals surface area contributed by atoms with Gasteiger partial charge in [0.05, 0.1) is 0 Å². The first kappa shape index (κ1) is 8.42. The molecule has 2 rings (SSSR count). The lowest BCUT2D eigenvalue weighted by Crippen LogP contribution is -1.84. The summed E-state index contributed by atoms with van der Waals surface area (Å²) in [6, 6.07) is 5.67. The zero-order valence-corrected chi connectivity index (χ0v) is 8.84. The van der Waals surface area contributed by atoms with Gasteiger partial charge in [-0.3, -0.25) is 0 Å². The second-order valence-corrected chi connectivity index (χ2v) is 7.42. The van der Waals surface area contributed by atoms with E-state index in [9.17, 15) is 0 Å². The molecule has 1 aromatic carbocycles. The summed E-state index contributed by atoms with van der Waals surface area (Å²) in [7, 11) is 0. The van der Waals surface area contributed by atoms with Gasteiger partial charge in [-0.25, -0.2) is 0 Å². The molecule has 2 nitrogen and oxygen atoms in total. The molecule has 64 valence electrons. The fourth-order valence-electron chi connectivity index (χ4n) is 1.02. The second-order valence-electron chi connectivity index (χ2n) is 2.58. The van der Waals surface area contributed by atoms with Gasteiger partial charge in [0.2, 0.25) is 0 Å². The van der Waals surface area contributed by atoms with Crippen LogP contribution in [-0.2, 0) is 24.1 Å². The zero-order valence-electron chi connectivity index (χ0n) is 6.31. The predicted molar refractivity (Wildman–Crippen MR) is 54.1 cm³/mol. The SMILES string of the molecule is Cc1ccc2c(c1)OP(=S)([S-])O2. The van der Waals surface area contributed by atoms with Crippen molar-refractivity contribution in [1.82, 2.24) is 0 Å². The Labute approximate surface area is 81.2 Å². The van der Waals surface area contributed by atoms with E-state index in [4.69, 9.17) is 33.1 Å². The lowest BCUT2D eigenvalue weighted by atomic mass is 10.2. The van der Waals surface area contributed by atoms with Crippen LogP contribution in [0.5, 0.6) is 11.5 Å². The van der Waals surface area contributed by atoms with Gasteiger partial charge in [-0.1, -0.05) is 6.07 Å². The normalized spacial score (nSPS) is 25.8. The molecule has 1 unspecified atom stereocenters. The van der Waals surface area contributed by atoms with Gasteiger partial charge in [0, 0.05) is 0 Å². The van der Waals surface area contributed by atoms with Crippen LogP contribution in [0, 0.1) is 6.92 Å². The van der Waals surface area contributed by atoms with Gasteiger partial charge in [-0.15, -0.1) is 0 Å². The molecule has 0 spiro atoms. The van der Waals surface area contributed by atoms with E-state index in [0.29, 0.717) is 11.5 Å². The van der Waals surface area contributed by atoms with Crippen molar-refractivity contribution in [2.24, 2.45) is 0 Å². The molecule has 5 heteroatoms. The summed E-state index contributed by atoms with van der Waals surface area (Å²) in [5.41, 5.74) is -1.31. The van der Waals surface area contributed by atoms with Gasteiger partial charge >= 0.3 is 0 Å². The third-order valence-corrected chi connectivity index (χ3v) is 3.25. The maximum absolute atomic E-state index is 5.29. The Kier molecular flexibility index (Phi) is 1.86. The van der Waals surface area contributed by atoms with E-state index in [1.165, 1.54) is 0 Å². The Morgan fingerprint density at radius 3 is 2.75 bits per heavy atom. The molecule has 1 heterocycles. The van der Waals surface area contributed by atoms with Crippen molar-refractivity contribution in [2.75, 3.05) is 0 Å². The van der Waals surface area contributed by atoms with Crippen LogP contribution in [0.15, 0.2) is 18.2 Å². The zero-order chi connectivity index (χ0) is 8.77. The fraction of sp³-hybridized carbons (Fsp3) is 0.143. The number of aryl methyl sites for hydroxylation is 1. The maximum atomic E-state index is 5.29. The second kappa shape index (κ2) is 2.66. The van der Waals surface area contributed by atoms with Crippen LogP contribution in [0.2, 0.25) is 0 Å². The third-order valence-electron chi connectivity index (χ3n) is 1.52. The van der Waals surface area contributed by atoms with Gasteiger partial charge in [0.25, 0.3) is 0 Å². The fourth-order valence-corrected chi connectivity index (χ4v) is 2.80. The molecule has 0 amide bonds. The first-order valence-corrected chi connectivity index (χ1v) is 7.03. The van der Waals surface area contributed by atoms with Gasteiger partial charge in [0.15, 0.2) is 17.2 Å². The van der Waals surface area contributed by atoms with Crippen molar-refractivity contribution < 1.29 is 9.05 Å². The smallest absolute Gasteiger partial charge is 0.168 e. The minimum Gasteiger partial charge on any atom is -0.665 e. The van der Waals surface area contributed by atoms with Crippen LogP contribution in [0.25, 0.3) is 0 Å². The van der Waals surface area contributed by atoms with Gasteiger partial charge in [0.1, 0.15) is 0 Å². The molecule has 0 saturated heterocycles. The summed E-state index contributed by atoms with van der Waals surface area (Å²) in [5, 5.41) is 0. The highest BCUT2D eigenvalue weighted by Gasteiger charge is 2.19. The van der Waals surface area contributed by atoms with Crippen molar-refractivity contribution >= 4 is 29.7 Å². The maximum Gasteiger partial charge on any atom is 0.168 e. The summed E-state index contributed by atoms with van der Waals surface area (Å²) in [5.74, 6) is 1.37. The van der Waals surface area contributed by atoms with E-state index in [1.54, 1.807) is 0 Å². The van der Waals surface area contributed by atoms with Gasteiger partial charge in [-0.05, 0) is 36.4 Å². The summed E-state index contributed by atoms with van der Waals surface area (Å²) in [6.07, 6.45) is 0. The van der Waals surface area contributed by atoms with E-state index in [-0.39, 0.29) is 0 Å². The average Bonchev–Trinajstić information content (AvgIpc) is 2.21. The summed E-state index contributed by atoms with van der Waals surface area (Å²) in [4.78, 5) is 0. The summed E-state index contributed by atoms with van der Waals surface area (Å²) >= 11 is 9.88. The Morgan fingerprint density at radius 1 is 1.33 bits per heavy atom. The Bertz CT molecular complexity index is 378. The van der Waals surface area contributed by atoms with Crippen molar-refractivity contribution in [3.05, 3.63) is 23.8 Å². The van der Waals surface area contributed by atoms with Gasteiger partial charge in [-0.2, -0.15) is 0 Å². The molecule has 0 fully saturated rings. The third kappa shape index (κ3) is 1.47. The molecule has 0 bridgehead atoms. The van der Waals surface area contributed by atoms with E-state index in [0.717, 1.165) is 5.56 Å². The van der Waals surface area contributed by atoms with Gasteiger partial charge < -0.3 is 21.3 Å². The Balaban J connectivity index is 2.49. The van der Waals surface area contributed by atoms with Crippen LogP contribution in [0.3, 0.4) is 0 Å². The van der Waals surface area contributed by atoms with Crippen molar-refractivity contribution in [3.8, 4) is 11.5 Å². The minimum absolute atomic E-state index is 0.680. The van der Waals surface area contributed by atoms with Crippen molar-refractivity contribution in [3.63, 3.8) is 0 Å². The number of hydrogen-bond acceptors (Lipinski definition) is 4. The Hall–Kier alpha value is -0.180. The number of hydrogen-bond donors (Lipinski definition) is 0. The van der Waals surface area contributed by atoms with Crippen molar-refractivity contribution in [1.29, 1.82) is 0 Å². The summed E-state index contributed by atoms with van der Waals surface area (Å²) < 4.78 is 10.6. The van der Waals surface area contributed by atoms with Crippen LogP contribution in [0.1, 0.15) is 5.56 Å². The number of fused-ring (bicyclic) bond motifs is 1. The molecular weight excluding hydrogens is 211 g/mol. The van der Waals surface area contributed by atoms with E-state index < -0.39 is 5.69 Å². The molecule has 0 aromatic heterocycles. The number of rotatable bonds is 0. The lowest BCUT2D eigenvalue weighted by molar-refractivity contribution is 0.593. The molecular formula is C7H6O2PS2-. The molecule has 0 aliphatic carbocycles. The van der Waals surface area contributed by atoms with Crippen LogP contribution < -0.4 is 9.05 Å². The highest BCUT2D eigenvalue weighted by Crippen LogP contribution is 2.56. The molecule has 12 heavy (non-hydrogen) atoms. The number of benzene rings is 1. The highest BCUT2D eigenvalue weighted by atomic mass is 32.9. The van der Waals surface area contributed by atoms with Crippen molar-refractivity contribution in [2.45, 2.75) is 6.92 Å². The molecule has 1 aliphatic heterocycles. The minimum atomic E-state index is -2.43. The molecule has 0 radical (unpaired) electrons. The Morgan fingerprint density at radius 2 is 2.00 bits per heavy atom. The largest absolute Gasteiger partial charge is 0.665 e. The predicted octanol–water partition coefficient (Wildman–Crippen LogP) is 2.54. The average molecular weight is 217 g/mol. The highest BCUT2D eigenvalue weighted by molar-refractivity contribution is 8.51. The molecule has 0 N–H and O–H groups in total. The van der Waals surface area contributed by atoms with Crippen LogP contribution in [-0.4, -0.2) is 0 Å². The molecule has 0 saturated carbocycles. The molecule has 1 atom stereocenters. The van der Waals surface area contributed by atoms with E-state index >= 15 is 0 Å². The summed E-state index contributed by atoms with van der Waals surface area (Å²) in [6.45, 7) is 1.98. The lowest BCUT2D eigenvalue weighted by Gasteiger charge is -2.18. The first-order chi connectivity index (χ1) is 5.57.